The van der Waals surface area contributed by atoms with E-state index in [0.717, 1.165) is 17.7 Å². The van der Waals surface area contributed by atoms with E-state index in [9.17, 15) is 19.3 Å². The molecule has 2 aromatic carbocycles. The first-order valence-corrected chi connectivity index (χ1v) is 7.17. The fraction of sp³-hybridized carbons (Fsp3) is 0. The van der Waals surface area contributed by atoms with Crippen LogP contribution < -0.4 is 5.32 Å². The number of carbonyl (C=O) groups is 1. The minimum absolute atomic E-state index is 0.102. The molecule has 0 saturated heterocycles. The summed E-state index contributed by atoms with van der Waals surface area (Å²) in [6.07, 6.45) is 2.70. The van der Waals surface area contributed by atoms with Crippen LogP contribution in [0, 0.1) is 15.9 Å². The van der Waals surface area contributed by atoms with E-state index in [1.807, 2.05) is 30.3 Å². The van der Waals surface area contributed by atoms with E-state index in [1.165, 1.54) is 18.5 Å². The lowest BCUT2D eigenvalue weighted by atomic mass is 10.2. The van der Waals surface area contributed by atoms with Gasteiger partial charge in [0.05, 0.1) is 10.5 Å². The number of nitro groups is 1. The van der Waals surface area contributed by atoms with Crippen LogP contribution in [0.3, 0.4) is 0 Å². The Labute approximate surface area is 141 Å². The Morgan fingerprint density at radius 1 is 1.08 bits per heavy atom. The number of nitrogens with one attached hydrogen (secondary N) is 1. The fourth-order valence-electron chi connectivity index (χ4n) is 2.12. The van der Waals surface area contributed by atoms with Crippen molar-refractivity contribution in [2.24, 2.45) is 0 Å². The van der Waals surface area contributed by atoms with Crippen molar-refractivity contribution in [2.45, 2.75) is 0 Å². The molecule has 1 aromatic heterocycles. The molecule has 0 saturated carbocycles. The molecule has 3 aromatic rings. The fourth-order valence-corrected chi connectivity index (χ4v) is 2.12. The number of rotatable bonds is 4. The van der Waals surface area contributed by atoms with Gasteiger partial charge in [-0.1, -0.05) is 30.3 Å². The molecule has 0 aliphatic rings. The van der Waals surface area contributed by atoms with Gasteiger partial charge < -0.3 is 5.32 Å². The Morgan fingerprint density at radius 2 is 1.76 bits per heavy atom. The average molecular weight is 338 g/mol. The number of aromatic nitrogens is 2. The van der Waals surface area contributed by atoms with Gasteiger partial charge in [-0.25, -0.2) is 9.97 Å². The molecule has 0 aliphatic carbocycles. The van der Waals surface area contributed by atoms with E-state index in [4.69, 9.17) is 0 Å². The minimum atomic E-state index is -0.974. The van der Waals surface area contributed by atoms with Gasteiger partial charge in [-0.15, -0.1) is 0 Å². The number of amides is 1. The highest BCUT2D eigenvalue weighted by molar-refractivity contribution is 6.04. The van der Waals surface area contributed by atoms with E-state index in [2.05, 4.69) is 15.3 Å². The summed E-state index contributed by atoms with van der Waals surface area (Å²) in [5.41, 5.74) is 0.369. The van der Waals surface area contributed by atoms with Crippen LogP contribution in [0.2, 0.25) is 0 Å². The maximum absolute atomic E-state index is 13.3. The predicted molar refractivity (Wildman–Crippen MR) is 88.5 cm³/mol. The van der Waals surface area contributed by atoms with E-state index in [-0.39, 0.29) is 11.3 Å². The zero-order valence-electron chi connectivity index (χ0n) is 12.7. The number of nitrogens with zero attached hydrogens (tertiary/aromatic N) is 3. The number of carbonyl (C=O) groups excluding carboxylic acids is 1. The molecule has 0 spiro atoms. The molecule has 0 fully saturated rings. The van der Waals surface area contributed by atoms with Crippen LogP contribution in [0.25, 0.3) is 11.4 Å². The van der Waals surface area contributed by atoms with E-state index in [1.54, 1.807) is 0 Å². The van der Waals surface area contributed by atoms with Crippen LogP contribution in [0.15, 0.2) is 60.9 Å². The van der Waals surface area contributed by atoms with Crippen molar-refractivity contribution in [2.75, 3.05) is 5.32 Å². The van der Waals surface area contributed by atoms with Crippen LogP contribution in [-0.2, 0) is 0 Å². The molecule has 1 heterocycles. The van der Waals surface area contributed by atoms with Crippen molar-refractivity contribution in [1.82, 2.24) is 9.97 Å². The average Bonchev–Trinajstić information content (AvgIpc) is 2.64. The Bertz CT molecular complexity index is 930. The molecule has 0 radical (unpaired) electrons. The van der Waals surface area contributed by atoms with Crippen molar-refractivity contribution >= 4 is 17.3 Å². The van der Waals surface area contributed by atoms with Gasteiger partial charge in [0.15, 0.2) is 5.82 Å². The zero-order chi connectivity index (χ0) is 17.8. The number of halogens is 1. The van der Waals surface area contributed by atoms with Crippen LogP contribution in [-0.4, -0.2) is 20.8 Å². The molecular weight excluding hydrogens is 327 g/mol. The molecule has 124 valence electrons. The summed E-state index contributed by atoms with van der Waals surface area (Å²) in [5, 5.41) is 13.2. The second-order valence-corrected chi connectivity index (χ2v) is 5.04. The number of nitro benzene ring substituents is 1. The normalized spacial score (nSPS) is 10.3. The third-order valence-corrected chi connectivity index (χ3v) is 3.35. The number of hydrogen-bond acceptors (Lipinski definition) is 5. The van der Waals surface area contributed by atoms with Crippen molar-refractivity contribution in [3.63, 3.8) is 0 Å². The predicted octanol–water partition coefficient (Wildman–Crippen LogP) is 3.44. The maximum Gasteiger partial charge on any atom is 0.306 e. The van der Waals surface area contributed by atoms with Gasteiger partial charge in [0.25, 0.3) is 5.91 Å². The number of benzene rings is 2. The molecule has 1 N–H and O–H groups in total. The topological polar surface area (TPSA) is 98.0 Å². The first-order valence-electron chi connectivity index (χ1n) is 7.17. The van der Waals surface area contributed by atoms with Gasteiger partial charge in [0, 0.05) is 29.7 Å². The first kappa shape index (κ1) is 16.2. The summed E-state index contributed by atoms with van der Waals surface area (Å²) in [6, 6.07) is 12.3. The SMILES string of the molecule is O=C(Nc1ccc(F)c([N+](=O)[O-])c1)c1cnc(-c2ccccc2)nc1. The highest BCUT2D eigenvalue weighted by Gasteiger charge is 2.16. The third kappa shape index (κ3) is 3.63. The Balaban J connectivity index is 1.78. The molecule has 8 heteroatoms. The van der Waals surface area contributed by atoms with Crippen LogP contribution in [0.1, 0.15) is 10.4 Å². The summed E-state index contributed by atoms with van der Waals surface area (Å²) in [4.78, 5) is 30.3. The minimum Gasteiger partial charge on any atom is -0.322 e. The standard InChI is InChI=1S/C17H11FN4O3/c18-14-7-6-13(8-15(14)22(24)25)21-17(23)12-9-19-16(20-10-12)11-4-2-1-3-5-11/h1-10H,(H,21,23). The molecule has 0 atom stereocenters. The number of anilines is 1. The molecule has 7 nitrogen and oxygen atoms in total. The summed E-state index contributed by atoms with van der Waals surface area (Å²) in [7, 11) is 0. The first-order chi connectivity index (χ1) is 12.0. The lowest BCUT2D eigenvalue weighted by Crippen LogP contribution is -2.13. The summed E-state index contributed by atoms with van der Waals surface area (Å²) < 4.78 is 13.3. The quantitative estimate of drug-likeness (QED) is 0.580. The van der Waals surface area contributed by atoms with E-state index < -0.39 is 22.3 Å². The van der Waals surface area contributed by atoms with Gasteiger partial charge >= 0.3 is 5.69 Å². The second-order valence-electron chi connectivity index (χ2n) is 5.04. The van der Waals surface area contributed by atoms with Gasteiger partial charge in [0.2, 0.25) is 5.82 Å². The van der Waals surface area contributed by atoms with Crippen molar-refractivity contribution in [3.8, 4) is 11.4 Å². The lowest BCUT2D eigenvalue weighted by Gasteiger charge is -2.06. The second kappa shape index (κ2) is 6.83. The molecule has 0 bridgehead atoms. The highest BCUT2D eigenvalue weighted by atomic mass is 19.1. The monoisotopic (exact) mass is 338 g/mol. The Hall–Kier alpha value is -3.68. The third-order valence-electron chi connectivity index (χ3n) is 3.35. The lowest BCUT2D eigenvalue weighted by molar-refractivity contribution is -0.387. The zero-order valence-corrected chi connectivity index (χ0v) is 12.7. The molecular formula is C17H11FN4O3. The van der Waals surface area contributed by atoms with Crippen LogP contribution in [0.4, 0.5) is 15.8 Å². The Kier molecular flexibility index (Phi) is 4.42. The van der Waals surface area contributed by atoms with Gasteiger partial charge in [-0.2, -0.15) is 4.39 Å². The van der Waals surface area contributed by atoms with Crippen molar-refractivity contribution in [3.05, 3.63) is 82.4 Å². The maximum atomic E-state index is 13.3. The van der Waals surface area contributed by atoms with Gasteiger partial charge in [-0.05, 0) is 12.1 Å². The van der Waals surface area contributed by atoms with Crippen molar-refractivity contribution in [1.29, 1.82) is 0 Å². The summed E-state index contributed by atoms with van der Waals surface area (Å²) in [6.45, 7) is 0. The van der Waals surface area contributed by atoms with E-state index in [0.29, 0.717) is 5.82 Å². The largest absolute Gasteiger partial charge is 0.322 e. The number of hydrogen-bond donors (Lipinski definition) is 1. The molecule has 1 amide bonds. The summed E-state index contributed by atoms with van der Waals surface area (Å²) >= 11 is 0. The van der Waals surface area contributed by atoms with Crippen molar-refractivity contribution < 1.29 is 14.1 Å². The van der Waals surface area contributed by atoms with Crippen LogP contribution >= 0.6 is 0 Å². The molecule has 25 heavy (non-hydrogen) atoms. The highest BCUT2D eigenvalue weighted by Crippen LogP contribution is 2.22. The van der Waals surface area contributed by atoms with Gasteiger partial charge in [-0.3, -0.25) is 14.9 Å². The van der Waals surface area contributed by atoms with Gasteiger partial charge in [0.1, 0.15) is 0 Å². The Morgan fingerprint density at radius 3 is 2.40 bits per heavy atom. The summed E-state index contributed by atoms with van der Waals surface area (Å²) in [5.74, 6) is -1.06. The molecule has 0 aliphatic heterocycles. The van der Waals surface area contributed by atoms with E-state index >= 15 is 0 Å². The molecule has 0 unspecified atom stereocenters. The smallest absolute Gasteiger partial charge is 0.306 e. The van der Waals surface area contributed by atoms with Crippen LogP contribution in [0.5, 0.6) is 0 Å². The molecule has 3 rings (SSSR count).